The summed E-state index contributed by atoms with van der Waals surface area (Å²) in [6.45, 7) is 2.03. The molecule has 0 amide bonds. The van der Waals surface area contributed by atoms with Crippen LogP contribution in [0, 0.1) is 6.92 Å². The molecule has 3 aromatic rings. The normalized spacial score (nSPS) is 11.1. The minimum atomic E-state index is 0.645. The van der Waals surface area contributed by atoms with E-state index in [9.17, 15) is 0 Å². The van der Waals surface area contributed by atoms with E-state index in [1.807, 2.05) is 32.2 Å². The highest BCUT2D eigenvalue weighted by Crippen LogP contribution is 2.35. The number of hydrogen-bond acceptors (Lipinski definition) is 3. The maximum Gasteiger partial charge on any atom is 0.142 e. The topological polar surface area (TPSA) is 68.9 Å². The van der Waals surface area contributed by atoms with Gasteiger partial charge in [0.15, 0.2) is 0 Å². The van der Waals surface area contributed by atoms with Gasteiger partial charge in [0.25, 0.3) is 0 Å². The highest BCUT2D eigenvalue weighted by Gasteiger charge is 2.16. The summed E-state index contributed by atoms with van der Waals surface area (Å²) >= 11 is 0. The first-order valence-corrected chi connectivity index (χ1v) is 6.07. The summed E-state index contributed by atoms with van der Waals surface area (Å²) in [6, 6.07) is 7.86. The standard InChI is InChI=1S/C14H16N4O/c1-8-13(10-7-12(15)18(2)17-10)9-5-4-6-11(19-3)14(9)16-8/h4-7,16H,15H2,1-3H3. The predicted molar refractivity (Wildman–Crippen MR) is 76.2 cm³/mol. The Hall–Kier alpha value is -2.43. The Morgan fingerprint density at radius 3 is 2.79 bits per heavy atom. The van der Waals surface area contributed by atoms with Crippen LogP contribution < -0.4 is 10.5 Å². The van der Waals surface area contributed by atoms with Crippen molar-refractivity contribution in [2.45, 2.75) is 6.92 Å². The van der Waals surface area contributed by atoms with E-state index in [1.54, 1.807) is 11.8 Å². The fourth-order valence-electron chi connectivity index (χ4n) is 2.42. The fraction of sp³-hybridized carbons (Fsp3) is 0.214. The molecular weight excluding hydrogens is 240 g/mol. The molecule has 0 aliphatic rings. The number of H-pyrrole nitrogens is 1. The van der Waals surface area contributed by atoms with Gasteiger partial charge in [-0.1, -0.05) is 12.1 Å². The van der Waals surface area contributed by atoms with Gasteiger partial charge >= 0.3 is 0 Å². The number of benzene rings is 1. The van der Waals surface area contributed by atoms with Gasteiger partial charge in [-0.15, -0.1) is 0 Å². The molecule has 0 atom stereocenters. The summed E-state index contributed by atoms with van der Waals surface area (Å²) in [5, 5.41) is 5.54. The zero-order valence-electron chi connectivity index (χ0n) is 11.2. The first-order valence-electron chi connectivity index (χ1n) is 6.07. The molecule has 0 saturated carbocycles. The van der Waals surface area contributed by atoms with Gasteiger partial charge in [0.1, 0.15) is 11.6 Å². The van der Waals surface area contributed by atoms with Crippen LogP contribution in [-0.4, -0.2) is 21.9 Å². The second-order valence-electron chi connectivity index (χ2n) is 4.59. The van der Waals surface area contributed by atoms with Gasteiger partial charge in [-0.2, -0.15) is 5.10 Å². The third-order valence-corrected chi connectivity index (χ3v) is 3.38. The number of rotatable bonds is 2. The van der Waals surface area contributed by atoms with Crippen molar-refractivity contribution in [3.63, 3.8) is 0 Å². The Bertz CT molecular complexity index is 735. The summed E-state index contributed by atoms with van der Waals surface area (Å²) in [5.74, 6) is 1.47. The van der Waals surface area contributed by atoms with E-state index in [-0.39, 0.29) is 0 Å². The molecule has 0 spiro atoms. The summed E-state index contributed by atoms with van der Waals surface area (Å²) < 4.78 is 7.05. The average molecular weight is 256 g/mol. The molecule has 2 heterocycles. The molecular formula is C14H16N4O. The number of aromatic nitrogens is 3. The molecule has 3 rings (SSSR count). The van der Waals surface area contributed by atoms with Gasteiger partial charge < -0.3 is 15.5 Å². The van der Waals surface area contributed by atoms with Gasteiger partial charge in [-0.3, -0.25) is 4.68 Å². The first kappa shape index (κ1) is 11.6. The molecule has 0 saturated heterocycles. The van der Waals surface area contributed by atoms with Crippen molar-refractivity contribution in [1.29, 1.82) is 0 Å². The number of nitrogens with zero attached hydrogens (tertiary/aromatic N) is 2. The van der Waals surface area contributed by atoms with E-state index >= 15 is 0 Å². The van der Waals surface area contributed by atoms with Crippen molar-refractivity contribution in [3.8, 4) is 17.0 Å². The quantitative estimate of drug-likeness (QED) is 0.740. The summed E-state index contributed by atoms with van der Waals surface area (Å²) in [7, 11) is 3.51. The molecule has 1 aromatic carbocycles. The number of nitrogen functional groups attached to an aromatic ring is 1. The molecule has 5 nitrogen and oxygen atoms in total. The van der Waals surface area contributed by atoms with E-state index < -0.39 is 0 Å². The van der Waals surface area contributed by atoms with Crippen LogP contribution in [0.3, 0.4) is 0 Å². The highest BCUT2D eigenvalue weighted by atomic mass is 16.5. The molecule has 0 aliphatic heterocycles. The lowest BCUT2D eigenvalue weighted by Crippen LogP contribution is -1.96. The van der Waals surface area contributed by atoms with Gasteiger partial charge in [0.05, 0.1) is 18.3 Å². The van der Waals surface area contributed by atoms with Crippen LogP contribution in [-0.2, 0) is 7.05 Å². The van der Waals surface area contributed by atoms with Crippen LogP contribution in [0.5, 0.6) is 5.75 Å². The third kappa shape index (κ3) is 1.66. The largest absolute Gasteiger partial charge is 0.495 e. The maximum atomic E-state index is 5.86. The number of ether oxygens (including phenoxy) is 1. The third-order valence-electron chi connectivity index (χ3n) is 3.38. The fourth-order valence-corrected chi connectivity index (χ4v) is 2.42. The number of hydrogen-bond donors (Lipinski definition) is 2. The van der Waals surface area contributed by atoms with Gasteiger partial charge in [0, 0.05) is 29.8 Å². The second-order valence-corrected chi connectivity index (χ2v) is 4.59. The Balaban J connectivity index is 2.32. The molecule has 19 heavy (non-hydrogen) atoms. The van der Waals surface area contributed by atoms with Crippen molar-refractivity contribution in [2.24, 2.45) is 7.05 Å². The van der Waals surface area contributed by atoms with Crippen LogP contribution in [0.2, 0.25) is 0 Å². The van der Waals surface area contributed by atoms with Crippen molar-refractivity contribution >= 4 is 16.7 Å². The first-order chi connectivity index (χ1) is 9.11. The lowest BCUT2D eigenvalue weighted by Gasteiger charge is -2.01. The van der Waals surface area contributed by atoms with E-state index in [4.69, 9.17) is 10.5 Å². The number of methoxy groups -OCH3 is 1. The smallest absolute Gasteiger partial charge is 0.142 e. The number of para-hydroxylation sites is 1. The zero-order chi connectivity index (χ0) is 13.6. The lowest BCUT2D eigenvalue weighted by atomic mass is 10.1. The van der Waals surface area contributed by atoms with Gasteiger partial charge in [0.2, 0.25) is 0 Å². The average Bonchev–Trinajstić information content (AvgIpc) is 2.88. The van der Waals surface area contributed by atoms with Crippen molar-refractivity contribution in [1.82, 2.24) is 14.8 Å². The van der Waals surface area contributed by atoms with Crippen LogP contribution in [0.1, 0.15) is 5.69 Å². The number of anilines is 1. The van der Waals surface area contributed by atoms with Crippen LogP contribution in [0.25, 0.3) is 22.2 Å². The number of nitrogens with two attached hydrogens (primary N) is 1. The van der Waals surface area contributed by atoms with Crippen molar-refractivity contribution in [2.75, 3.05) is 12.8 Å². The second kappa shape index (κ2) is 4.05. The molecule has 0 bridgehead atoms. The summed E-state index contributed by atoms with van der Waals surface area (Å²) in [6.07, 6.45) is 0. The van der Waals surface area contributed by atoms with Crippen LogP contribution >= 0.6 is 0 Å². The Morgan fingerprint density at radius 1 is 1.37 bits per heavy atom. The minimum Gasteiger partial charge on any atom is -0.495 e. The number of nitrogens with one attached hydrogen (secondary N) is 1. The molecule has 98 valence electrons. The maximum absolute atomic E-state index is 5.86. The Labute approximate surface area is 111 Å². The molecule has 0 radical (unpaired) electrons. The lowest BCUT2D eigenvalue weighted by molar-refractivity contribution is 0.419. The van der Waals surface area contributed by atoms with E-state index in [2.05, 4.69) is 16.1 Å². The van der Waals surface area contributed by atoms with Gasteiger partial charge in [-0.25, -0.2) is 0 Å². The SMILES string of the molecule is COc1cccc2c(-c3cc(N)n(C)n3)c(C)[nH]c12. The van der Waals surface area contributed by atoms with Gasteiger partial charge in [-0.05, 0) is 13.0 Å². The Kier molecular flexibility index (Phi) is 2.48. The minimum absolute atomic E-state index is 0.645. The summed E-state index contributed by atoms with van der Waals surface area (Å²) in [4.78, 5) is 3.36. The number of aromatic amines is 1. The molecule has 0 aliphatic carbocycles. The number of fused-ring (bicyclic) bond motifs is 1. The van der Waals surface area contributed by atoms with Crippen LogP contribution in [0.15, 0.2) is 24.3 Å². The van der Waals surface area contributed by atoms with Crippen molar-refractivity contribution in [3.05, 3.63) is 30.0 Å². The molecule has 0 unspecified atom stereocenters. The van der Waals surface area contributed by atoms with E-state index in [1.165, 1.54) is 0 Å². The molecule has 2 aromatic heterocycles. The Morgan fingerprint density at radius 2 is 2.16 bits per heavy atom. The molecule has 5 heteroatoms. The predicted octanol–water partition coefficient (Wildman–Crippen LogP) is 2.47. The highest BCUT2D eigenvalue weighted by molar-refractivity contribution is 5.99. The monoisotopic (exact) mass is 256 g/mol. The van der Waals surface area contributed by atoms with E-state index in [0.717, 1.165) is 33.6 Å². The van der Waals surface area contributed by atoms with Crippen LogP contribution in [0.4, 0.5) is 5.82 Å². The summed E-state index contributed by atoms with van der Waals surface area (Å²) in [5.41, 5.74) is 9.85. The van der Waals surface area contributed by atoms with Crippen molar-refractivity contribution < 1.29 is 4.74 Å². The van der Waals surface area contributed by atoms with E-state index in [0.29, 0.717) is 5.82 Å². The zero-order valence-corrected chi connectivity index (χ0v) is 11.2. The number of aryl methyl sites for hydroxylation is 2. The molecule has 0 fully saturated rings. The molecule has 3 N–H and O–H groups in total.